The SMILES string of the molecule is Cc1cccc(C)c1-c1ccc(-c2cc3cc(-c4cccc5c4oc4ccccc45)ncc3o2)cc1. The summed E-state index contributed by atoms with van der Waals surface area (Å²) in [5.74, 6) is 0.832. The number of furan rings is 2. The Hall–Kier alpha value is -4.63. The minimum Gasteiger partial charge on any atom is -0.455 e. The van der Waals surface area contributed by atoms with Crippen LogP contribution < -0.4 is 0 Å². The molecule has 0 saturated heterocycles. The zero-order valence-corrected chi connectivity index (χ0v) is 20.1. The Kier molecular flexibility index (Phi) is 4.58. The Balaban J connectivity index is 1.28. The number of fused-ring (bicyclic) bond motifs is 4. The molecule has 0 aliphatic rings. The molecule has 172 valence electrons. The third-order valence-corrected chi connectivity index (χ3v) is 7.02. The van der Waals surface area contributed by atoms with Gasteiger partial charge >= 0.3 is 0 Å². The van der Waals surface area contributed by atoms with Crippen molar-refractivity contribution in [2.45, 2.75) is 13.8 Å². The van der Waals surface area contributed by atoms with Gasteiger partial charge in [0.1, 0.15) is 16.9 Å². The first-order valence-electron chi connectivity index (χ1n) is 12.1. The van der Waals surface area contributed by atoms with Gasteiger partial charge in [-0.3, -0.25) is 4.98 Å². The maximum atomic E-state index is 6.23. The van der Waals surface area contributed by atoms with Crippen LogP contribution in [0.1, 0.15) is 11.1 Å². The molecule has 7 rings (SSSR count). The van der Waals surface area contributed by atoms with Crippen molar-refractivity contribution < 1.29 is 8.83 Å². The summed E-state index contributed by atoms with van der Waals surface area (Å²) in [6.07, 6.45) is 1.81. The van der Waals surface area contributed by atoms with Crippen LogP contribution in [0, 0.1) is 13.8 Å². The summed E-state index contributed by atoms with van der Waals surface area (Å²) in [6.45, 7) is 4.32. The summed E-state index contributed by atoms with van der Waals surface area (Å²) in [7, 11) is 0. The molecule has 0 amide bonds. The number of nitrogens with zero attached hydrogens (tertiary/aromatic N) is 1. The van der Waals surface area contributed by atoms with E-state index in [1.165, 1.54) is 22.3 Å². The Morgan fingerprint density at radius 1 is 0.611 bits per heavy atom. The van der Waals surface area contributed by atoms with E-state index in [1.807, 2.05) is 18.2 Å². The fourth-order valence-electron chi connectivity index (χ4n) is 5.26. The van der Waals surface area contributed by atoms with Crippen molar-refractivity contribution in [3.63, 3.8) is 0 Å². The van der Waals surface area contributed by atoms with Crippen LogP contribution in [0.4, 0.5) is 0 Å². The lowest BCUT2D eigenvalue weighted by atomic mass is 9.95. The molecule has 4 aromatic carbocycles. The van der Waals surface area contributed by atoms with E-state index in [2.05, 4.69) is 92.7 Å². The number of aromatic nitrogens is 1. The van der Waals surface area contributed by atoms with Gasteiger partial charge in [-0.05, 0) is 60.4 Å². The van der Waals surface area contributed by atoms with E-state index in [0.29, 0.717) is 0 Å². The van der Waals surface area contributed by atoms with Gasteiger partial charge in [-0.2, -0.15) is 0 Å². The second-order valence-corrected chi connectivity index (χ2v) is 9.34. The first kappa shape index (κ1) is 20.7. The van der Waals surface area contributed by atoms with E-state index < -0.39 is 0 Å². The third-order valence-electron chi connectivity index (χ3n) is 7.02. The molecule has 0 N–H and O–H groups in total. The van der Waals surface area contributed by atoms with Crippen LogP contribution in [-0.2, 0) is 0 Å². The number of pyridine rings is 1. The van der Waals surface area contributed by atoms with Gasteiger partial charge in [-0.1, -0.05) is 72.8 Å². The molecule has 0 aliphatic heterocycles. The van der Waals surface area contributed by atoms with Gasteiger partial charge < -0.3 is 8.83 Å². The number of benzene rings is 4. The van der Waals surface area contributed by atoms with Gasteiger partial charge in [0.15, 0.2) is 5.58 Å². The van der Waals surface area contributed by atoms with Gasteiger partial charge in [-0.25, -0.2) is 0 Å². The van der Waals surface area contributed by atoms with Crippen LogP contribution in [0.2, 0.25) is 0 Å². The zero-order chi connectivity index (χ0) is 24.2. The maximum absolute atomic E-state index is 6.23. The largest absolute Gasteiger partial charge is 0.455 e. The van der Waals surface area contributed by atoms with Crippen LogP contribution in [0.5, 0.6) is 0 Å². The van der Waals surface area contributed by atoms with Crippen molar-refractivity contribution >= 4 is 32.9 Å². The highest BCUT2D eigenvalue weighted by Gasteiger charge is 2.15. The number of rotatable bonds is 3. The fraction of sp³-hybridized carbons (Fsp3) is 0.0606. The molecule has 0 radical (unpaired) electrons. The molecule has 0 bridgehead atoms. The molecular formula is C33H23NO2. The zero-order valence-electron chi connectivity index (χ0n) is 20.1. The molecule has 3 aromatic heterocycles. The van der Waals surface area contributed by atoms with E-state index in [0.717, 1.165) is 55.5 Å². The van der Waals surface area contributed by atoms with Crippen LogP contribution in [0.15, 0.2) is 112 Å². The Morgan fingerprint density at radius 2 is 1.33 bits per heavy atom. The second-order valence-electron chi connectivity index (χ2n) is 9.34. The summed E-state index contributed by atoms with van der Waals surface area (Å²) in [5, 5.41) is 3.23. The van der Waals surface area contributed by atoms with Crippen LogP contribution in [0.25, 0.3) is 66.6 Å². The number of hydrogen-bond acceptors (Lipinski definition) is 3. The molecule has 3 heterocycles. The predicted octanol–water partition coefficient (Wildman–Crippen LogP) is 9.35. The van der Waals surface area contributed by atoms with Crippen molar-refractivity contribution in [2.75, 3.05) is 0 Å². The monoisotopic (exact) mass is 465 g/mol. The van der Waals surface area contributed by atoms with Crippen molar-refractivity contribution in [3.05, 3.63) is 114 Å². The number of hydrogen-bond donors (Lipinski definition) is 0. The maximum Gasteiger partial charge on any atom is 0.153 e. The first-order chi connectivity index (χ1) is 17.7. The van der Waals surface area contributed by atoms with Crippen molar-refractivity contribution in [1.29, 1.82) is 0 Å². The molecule has 3 nitrogen and oxygen atoms in total. The number of para-hydroxylation sites is 2. The molecule has 0 saturated carbocycles. The van der Waals surface area contributed by atoms with Crippen molar-refractivity contribution in [3.8, 4) is 33.7 Å². The molecule has 7 aromatic rings. The summed E-state index contributed by atoms with van der Waals surface area (Å²) < 4.78 is 12.4. The average Bonchev–Trinajstić information content (AvgIpc) is 3.50. The van der Waals surface area contributed by atoms with Crippen LogP contribution in [-0.4, -0.2) is 4.98 Å². The predicted molar refractivity (Wildman–Crippen MR) is 147 cm³/mol. The van der Waals surface area contributed by atoms with Crippen LogP contribution >= 0.6 is 0 Å². The van der Waals surface area contributed by atoms with E-state index in [1.54, 1.807) is 6.20 Å². The smallest absolute Gasteiger partial charge is 0.153 e. The highest BCUT2D eigenvalue weighted by Crippen LogP contribution is 2.37. The van der Waals surface area contributed by atoms with E-state index >= 15 is 0 Å². The Bertz CT molecular complexity index is 1880. The summed E-state index contributed by atoms with van der Waals surface area (Å²) in [6, 6.07) is 33.5. The highest BCUT2D eigenvalue weighted by molar-refractivity contribution is 6.09. The van der Waals surface area contributed by atoms with Gasteiger partial charge in [0.05, 0.1) is 11.9 Å². The molecule has 0 aliphatic carbocycles. The second kappa shape index (κ2) is 7.96. The molecule has 0 spiro atoms. The minimum absolute atomic E-state index is 0.768. The van der Waals surface area contributed by atoms with E-state index in [-0.39, 0.29) is 0 Å². The molecular weight excluding hydrogens is 442 g/mol. The topological polar surface area (TPSA) is 39.2 Å². The molecule has 0 unspecified atom stereocenters. The summed E-state index contributed by atoms with van der Waals surface area (Å²) in [4.78, 5) is 4.72. The minimum atomic E-state index is 0.768. The Morgan fingerprint density at radius 3 is 2.17 bits per heavy atom. The van der Waals surface area contributed by atoms with Gasteiger partial charge in [0.2, 0.25) is 0 Å². The van der Waals surface area contributed by atoms with Gasteiger partial charge in [0.25, 0.3) is 0 Å². The van der Waals surface area contributed by atoms with Crippen molar-refractivity contribution in [1.82, 2.24) is 4.98 Å². The number of aryl methyl sites for hydroxylation is 2. The summed E-state index contributed by atoms with van der Waals surface area (Å²) >= 11 is 0. The standard InChI is InChI=1S/C33H23NO2/c1-20-7-5-8-21(2)32(20)23-15-13-22(14-16-23)30-18-24-17-28(34-19-31(24)35-30)27-11-6-10-26-25-9-3-4-12-29(25)36-33(26)27/h3-19H,1-2H3. The van der Waals surface area contributed by atoms with Gasteiger partial charge in [-0.15, -0.1) is 0 Å². The molecule has 0 fully saturated rings. The lowest BCUT2D eigenvalue weighted by Crippen LogP contribution is -1.87. The van der Waals surface area contributed by atoms with E-state index in [4.69, 9.17) is 13.8 Å². The first-order valence-corrected chi connectivity index (χ1v) is 12.1. The Labute approximate surface area is 208 Å². The molecule has 0 atom stereocenters. The fourth-order valence-corrected chi connectivity index (χ4v) is 5.26. The normalized spacial score (nSPS) is 11.6. The van der Waals surface area contributed by atoms with Crippen molar-refractivity contribution in [2.24, 2.45) is 0 Å². The molecule has 36 heavy (non-hydrogen) atoms. The summed E-state index contributed by atoms with van der Waals surface area (Å²) in [5.41, 5.74) is 10.5. The third kappa shape index (κ3) is 3.24. The molecule has 3 heteroatoms. The average molecular weight is 466 g/mol. The van der Waals surface area contributed by atoms with Crippen LogP contribution in [0.3, 0.4) is 0 Å². The van der Waals surface area contributed by atoms with E-state index in [9.17, 15) is 0 Å². The lowest BCUT2D eigenvalue weighted by Gasteiger charge is -2.10. The lowest BCUT2D eigenvalue weighted by molar-refractivity contribution is 0.630. The highest BCUT2D eigenvalue weighted by atomic mass is 16.3. The van der Waals surface area contributed by atoms with Gasteiger partial charge in [0, 0.05) is 27.3 Å². The quantitative estimate of drug-likeness (QED) is 0.261.